The van der Waals surface area contributed by atoms with E-state index < -0.39 is 0 Å². The van der Waals surface area contributed by atoms with Crippen LogP contribution in [0.5, 0.6) is 0 Å². The summed E-state index contributed by atoms with van der Waals surface area (Å²) in [5.41, 5.74) is 0.959. The highest BCUT2D eigenvalue weighted by Gasteiger charge is 2.27. The van der Waals surface area contributed by atoms with Gasteiger partial charge in [0.1, 0.15) is 0 Å². The molecule has 4 heteroatoms. The van der Waals surface area contributed by atoms with Crippen molar-refractivity contribution in [1.29, 1.82) is 0 Å². The molecule has 1 aromatic rings. The second kappa shape index (κ2) is 5.98. The Kier molecular flexibility index (Phi) is 4.33. The summed E-state index contributed by atoms with van der Waals surface area (Å²) in [4.78, 5) is 14.0. The first-order chi connectivity index (χ1) is 8.72. The van der Waals surface area contributed by atoms with Crippen LogP contribution in [0.3, 0.4) is 0 Å². The average Bonchev–Trinajstić information content (AvgIpc) is 2.42. The van der Waals surface area contributed by atoms with Gasteiger partial charge < -0.3 is 10.1 Å². The average molecular weight is 248 g/mol. The molecule has 0 spiro atoms. The minimum atomic E-state index is 0.151. The molecule has 0 bridgehead atoms. The van der Waals surface area contributed by atoms with Gasteiger partial charge in [-0.2, -0.15) is 5.06 Å². The maximum Gasteiger partial charge on any atom is 0.226 e. The summed E-state index contributed by atoms with van der Waals surface area (Å²) in [5, 5.41) is 10.7. The lowest BCUT2D eigenvalue weighted by atomic mass is 10.0. The van der Waals surface area contributed by atoms with Crippen LogP contribution in [0, 0.1) is 0 Å². The molecule has 98 valence electrons. The molecule has 0 unspecified atom stereocenters. The second-order valence-corrected chi connectivity index (χ2v) is 4.64. The number of hydrogen-bond acceptors (Lipinski definition) is 3. The molecular weight excluding hydrogens is 228 g/mol. The summed E-state index contributed by atoms with van der Waals surface area (Å²) >= 11 is 0. The van der Waals surface area contributed by atoms with E-state index in [9.17, 15) is 10.0 Å². The van der Waals surface area contributed by atoms with E-state index in [4.69, 9.17) is 0 Å². The molecule has 1 aliphatic heterocycles. The summed E-state index contributed by atoms with van der Waals surface area (Å²) in [6.07, 6.45) is 2.14. The summed E-state index contributed by atoms with van der Waals surface area (Å²) in [6, 6.07) is 9.99. The van der Waals surface area contributed by atoms with Crippen LogP contribution >= 0.6 is 0 Å². The summed E-state index contributed by atoms with van der Waals surface area (Å²) in [7, 11) is 0. The molecule has 0 radical (unpaired) electrons. The first kappa shape index (κ1) is 13.1. The molecule has 4 nitrogen and oxygen atoms in total. The number of piperidine rings is 1. The van der Waals surface area contributed by atoms with Crippen LogP contribution in [-0.4, -0.2) is 35.3 Å². The molecule has 0 atom stereocenters. The van der Waals surface area contributed by atoms with Gasteiger partial charge in [0.05, 0.1) is 0 Å². The molecule has 1 saturated heterocycles. The summed E-state index contributed by atoms with van der Waals surface area (Å²) in [5.74, 6) is 0.151. The lowest BCUT2D eigenvalue weighted by Gasteiger charge is -2.36. The van der Waals surface area contributed by atoms with Crippen molar-refractivity contribution in [3.8, 4) is 0 Å². The molecule has 0 aliphatic carbocycles. The fourth-order valence-corrected chi connectivity index (χ4v) is 2.43. The minimum absolute atomic E-state index is 0.151. The number of nitrogens with zero attached hydrogens (tertiary/aromatic N) is 2. The van der Waals surface area contributed by atoms with E-state index in [2.05, 4.69) is 0 Å². The Morgan fingerprint density at radius 3 is 2.50 bits per heavy atom. The van der Waals surface area contributed by atoms with Gasteiger partial charge in [-0.05, 0) is 25.0 Å². The number of hydroxylamine groups is 2. The Labute approximate surface area is 108 Å². The third-order valence-corrected chi connectivity index (χ3v) is 3.41. The molecule has 18 heavy (non-hydrogen) atoms. The van der Waals surface area contributed by atoms with Gasteiger partial charge in [-0.3, -0.25) is 4.79 Å². The number of carbonyl (C=O) groups excluding carboxylic acids is 1. The molecule has 0 saturated carbocycles. The number of hydrogen-bond donors (Lipinski definition) is 1. The smallest absolute Gasteiger partial charge is 0.226 e. The number of para-hydroxylation sites is 1. The normalized spacial score (nSPS) is 17.7. The highest BCUT2D eigenvalue weighted by atomic mass is 16.5. The Morgan fingerprint density at radius 2 is 1.94 bits per heavy atom. The topological polar surface area (TPSA) is 43.8 Å². The van der Waals surface area contributed by atoms with Crippen LogP contribution in [0.15, 0.2) is 30.3 Å². The van der Waals surface area contributed by atoms with Gasteiger partial charge in [0, 0.05) is 31.2 Å². The Hall–Kier alpha value is -1.39. The van der Waals surface area contributed by atoms with Crippen molar-refractivity contribution in [1.82, 2.24) is 5.06 Å². The standard InChI is InChI=1S/C14H20N2O2/c1-2-14(17)16(12-6-4-3-5-7-12)13-8-10-15(18)11-9-13/h3-7,13,18H,2,8-11H2,1H3. The summed E-state index contributed by atoms with van der Waals surface area (Å²) in [6.45, 7) is 3.15. The molecule has 1 N–H and O–H groups in total. The minimum Gasteiger partial charge on any atom is -0.314 e. The molecule has 1 heterocycles. The van der Waals surface area contributed by atoms with Crippen molar-refractivity contribution in [2.75, 3.05) is 18.0 Å². The lowest BCUT2D eigenvalue weighted by Crippen LogP contribution is -2.46. The Balaban J connectivity index is 2.18. The largest absolute Gasteiger partial charge is 0.314 e. The first-order valence-corrected chi connectivity index (χ1v) is 6.53. The van der Waals surface area contributed by atoms with Crippen molar-refractivity contribution in [2.24, 2.45) is 0 Å². The Morgan fingerprint density at radius 1 is 1.33 bits per heavy atom. The second-order valence-electron chi connectivity index (χ2n) is 4.64. The van der Waals surface area contributed by atoms with E-state index >= 15 is 0 Å². The van der Waals surface area contributed by atoms with Crippen molar-refractivity contribution in [3.05, 3.63) is 30.3 Å². The van der Waals surface area contributed by atoms with Gasteiger partial charge in [0.25, 0.3) is 0 Å². The van der Waals surface area contributed by atoms with Crippen molar-refractivity contribution in [2.45, 2.75) is 32.2 Å². The molecule has 1 fully saturated rings. The van der Waals surface area contributed by atoms with E-state index in [0.717, 1.165) is 18.5 Å². The zero-order valence-electron chi connectivity index (χ0n) is 10.7. The highest BCUT2D eigenvalue weighted by molar-refractivity contribution is 5.93. The zero-order valence-corrected chi connectivity index (χ0v) is 10.7. The van der Waals surface area contributed by atoms with E-state index in [1.54, 1.807) is 0 Å². The third kappa shape index (κ3) is 2.89. The maximum atomic E-state index is 12.1. The third-order valence-electron chi connectivity index (χ3n) is 3.41. The lowest BCUT2D eigenvalue weighted by molar-refractivity contribution is -0.122. The van der Waals surface area contributed by atoms with Gasteiger partial charge in [-0.15, -0.1) is 0 Å². The number of rotatable bonds is 3. The molecule has 2 rings (SSSR count). The summed E-state index contributed by atoms with van der Waals surface area (Å²) < 4.78 is 0. The molecule has 0 aromatic heterocycles. The van der Waals surface area contributed by atoms with Crippen LogP contribution in [0.2, 0.25) is 0 Å². The molecule has 1 amide bonds. The number of amides is 1. The highest BCUT2D eigenvalue weighted by Crippen LogP contribution is 2.23. The van der Waals surface area contributed by atoms with Crippen LogP contribution < -0.4 is 4.90 Å². The number of benzene rings is 1. The molecule has 1 aromatic carbocycles. The van der Waals surface area contributed by atoms with Crippen LogP contribution in [0.1, 0.15) is 26.2 Å². The maximum absolute atomic E-state index is 12.1. The molecule has 1 aliphatic rings. The fraction of sp³-hybridized carbons (Fsp3) is 0.500. The predicted octanol–water partition coefficient (Wildman–Crippen LogP) is 2.28. The fourth-order valence-electron chi connectivity index (χ4n) is 2.43. The molecular formula is C14H20N2O2. The van der Waals surface area contributed by atoms with E-state index in [0.29, 0.717) is 19.5 Å². The Bertz CT molecular complexity index is 386. The van der Waals surface area contributed by atoms with E-state index in [1.807, 2.05) is 42.2 Å². The number of anilines is 1. The zero-order chi connectivity index (χ0) is 13.0. The predicted molar refractivity (Wildman–Crippen MR) is 70.6 cm³/mol. The van der Waals surface area contributed by atoms with Gasteiger partial charge in [-0.25, -0.2) is 0 Å². The van der Waals surface area contributed by atoms with Crippen molar-refractivity contribution >= 4 is 11.6 Å². The van der Waals surface area contributed by atoms with Crippen molar-refractivity contribution < 1.29 is 10.0 Å². The number of carbonyl (C=O) groups is 1. The SMILES string of the molecule is CCC(=O)N(c1ccccc1)C1CCN(O)CC1. The van der Waals surface area contributed by atoms with Gasteiger partial charge in [-0.1, -0.05) is 25.1 Å². The van der Waals surface area contributed by atoms with Crippen molar-refractivity contribution in [3.63, 3.8) is 0 Å². The van der Waals surface area contributed by atoms with Gasteiger partial charge in [0.15, 0.2) is 0 Å². The quantitative estimate of drug-likeness (QED) is 0.892. The van der Waals surface area contributed by atoms with Crippen LogP contribution in [0.25, 0.3) is 0 Å². The van der Waals surface area contributed by atoms with E-state index in [-0.39, 0.29) is 11.9 Å². The first-order valence-electron chi connectivity index (χ1n) is 6.53. The van der Waals surface area contributed by atoms with Crippen LogP contribution in [0.4, 0.5) is 5.69 Å². The van der Waals surface area contributed by atoms with Gasteiger partial charge >= 0.3 is 0 Å². The monoisotopic (exact) mass is 248 g/mol. The van der Waals surface area contributed by atoms with E-state index in [1.165, 1.54) is 5.06 Å². The van der Waals surface area contributed by atoms with Gasteiger partial charge in [0.2, 0.25) is 5.91 Å². The van der Waals surface area contributed by atoms with Crippen LogP contribution in [-0.2, 0) is 4.79 Å².